The van der Waals surface area contributed by atoms with Crippen molar-refractivity contribution >= 4 is 42.0 Å². The van der Waals surface area contributed by atoms with Crippen LogP contribution in [0.2, 0.25) is 0 Å². The second-order valence-electron chi connectivity index (χ2n) is 7.39. The monoisotopic (exact) mass is 498 g/mol. The third-order valence-corrected chi connectivity index (χ3v) is 4.06. The number of nitrogens with one attached hydrogen (secondary N) is 1. The first-order valence-electron chi connectivity index (χ1n) is 9.24. The fourth-order valence-electron chi connectivity index (χ4n) is 2.69. The molecular formula is C18H35IN4O4. The molecule has 1 fully saturated rings. The van der Waals surface area contributed by atoms with E-state index in [2.05, 4.69) is 15.2 Å². The van der Waals surface area contributed by atoms with Gasteiger partial charge in [0.15, 0.2) is 5.96 Å². The van der Waals surface area contributed by atoms with E-state index in [1.54, 1.807) is 19.0 Å². The van der Waals surface area contributed by atoms with Crippen LogP contribution < -0.4 is 5.32 Å². The van der Waals surface area contributed by atoms with Gasteiger partial charge < -0.3 is 24.6 Å². The number of guanidine groups is 1. The predicted octanol–water partition coefficient (Wildman–Crippen LogP) is 2.32. The van der Waals surface area contributed by atoms with Crippen LogP contribution >= 0.6 is 24.0 Å². The van der Waals surface area contributed by atoms with Crippen molar-refractivity contribution < 1.29 is 19.1 Å². The average molecular weight is 498 g/mol. The molecule has 1 rings (SSSR count). The molecule has 1 N–H and O–H groups in total. The van der Waals surface area contributed by atoms with Crippen LogP contribution in [-0.2, 0) is 14.3 Å². The Labute approximate surface area is 180 Å². The van der Waals surface area contributed by atoms with Crippen molar-refractivity contribution in [2.24, 2.45) is 10.9 Å². The van der Waals surface area contributed by atoms with Gasteiger partial charge in [0.25, 0.3) is 0 Å². The molecule has 158 valence electrons. The summed E-state index contributed by atoms with van der Waals surface area (Å²) in [6, 6.07) is 0. The number of nitrogens with zero attached hydrogens (tertiary/aromatic N) is 3. The minimum absolute atomic E-state index is 0. The molecule has 1 amide bonds. The molecule has 0 aromatic carbocycles. The van der Waals surface area contributed by atoms with E-state index in [-0.39, 0.29) is 42.0 Å². The van der Waals surface area contributed by atoms with Crippen molar-refractivity contribution in [3.63, 3.8) is 0 Å². The van der Waals surface area contributed by atoms with Crippen molar-refractivity contribution in [3.05, 3.63) is 0 Å². The van der Waals surface area contributed by atoms with Gasteiger partial charge >= 0.3 is 12.1 Å². The number of piperidine rings is 1. The summed E-state index contributed by atoms with van der Waals surface area (Å²) >= 11 is 0. The molecule has 1 saturated heterocycles. The predicted molar refractivity (Wildman–Crippen MR) is 117 cm³/mol. The number of carbonyl (C=O) groups excluding carboxylic acids is 2. The van der Waals surface area contributed by atoms with Crippen molar-refractivity contribution in [1.29, 1.82) is 0 Å². The first-order chi connectivity index (χ1) is 12.2. The van der Waals surface area contributed by atoms with Gasteiger partial charge in [-0.15, -0.1) is 24.0 Å². The van der Waals surface area contributed by atoms with Crippen LogP contribution in [0.5, 0.6) is 0 Å². The Morgan fingerprint density at radius 1 is 1.26 bits per heavy atom. The van der Waals surface area contributed by atoms with E-state index < -0.39 is 5.60 Å². The average Bonchev–Trinajstić information content (AvgIpc) is 2.57. The molecule has 9 heteroatoms. The van der Waals surface area contributed by atoms with Crippen LogP contribution in [0.4, 0.5) is 4.79 Å². The molecule has 1 aliphatic heterocycles. The first-order valence-corrected chi connectivity index (χ1v) is 9.24. The maximum Gasteiger partial charge on any atom is 0.410 e. The van der Waals surface area contributed by atoms with Gasteiger partial charge in [0.2, 0.25) is 0 Å². The van der Waals surface area contributed by atoms with Crippen LogP contribution in [0.15, 0.2) is 4.99 Å². The molecule has 0 spiro atoms. The number of likely N-dealkylation sites (tertiary alicyclic amines) is 1. The molecule has 0 aliphatic carbocycles. The largest absolute Gasteiger partial charge is 0.466 e. The summed E-state index contributed by atoms with van der Waals surface area (Å²) in [6.45, 7) is 10.4. The van der Waals surface area contributed by atoms with E-state index in [4.69, 9.17) is 9.47 Å². The molecule has 0 unspecified atom stereocenters. The van der Waals surface area contributed by atoms with Crippen LogP contribution in [0.3, 0.4) is 0 Å². The zero-order valence-corrected chi connectivity index (χ0v) is 19.7. The van der Waals surface area contributed by atoms with Crippen molar-refractivity contribution in [1.82, 2.24) is 15.1 Å². The Balaban J connectivity index is 0.00000676. The summed E-state index contributed by atoms with van der Waals surface area (Å²) < 4.78 is 10.4. The molecule has 0 bridgehead atoms. The molecule has 1 heterocycles. The zero-order chi connectivity index (χ0) is 19.7. The standard InChI is InChI=1S/C18H34N4O4.HI/c1-7-25-15(23)14-8-11-22(12-9-14)16(19-5)20-10-13-21(6)17(24)26-18(2,3)4;/h14H,7-13H2,1-6H3,(H,19,20);1H. The highest BCUT2D eigenvalue weighted by Crippen LogP contribution is 2.18. The summed E-state index contributed by atoms with van der Waals surface area (Å²) in [7, 11) is 3.45. The number of ether oxygens (including phenoxy) is 2. The molecular weight excluding hydrogens is 463 g/mol. The summed E-state index contributed by atoms with van der Waals surface area (Å²) in [5.41, 5.74) is -0.502. The third kappa shape index (κ3) is 9.48. The number of hydrogen-bond donors (Lipinski definition) is 1. The molecule has 27 heavy (non-hydrogen) atoms. The lowest BCUT2D eigenvalue weighted by molar-refractivity contribution is -0.149. The smallest absolute Gasteiger partial charge is 0.410 e. The summed E-state index contributed by atoms with van der Waals surface area (Å²) in [6.07, 6.45) is 1.18. The van der Waals surface area contributed by atoms with Gasteiger partial charge in [0, 0.05) is 40.3 Å². The fraction of sp³-hybridized carbons (Fsp3) is 0.833. The van der Waals surface area contributed by atoms with E-state index in [9.17, 15) is 9.59 Å². The number of hydrogen-bond acceptors (Lipinski definition) is 5. The number of carbonyl (C=O) groups is 2. The highest BCUT2D eigenvalue weighted by atomic mass is 127. The second-order valence-corrected chi connectivity index (χ2v) is 7.39. The maximum atomic E-state index is 12.0. The van der Waals surface area contributed by atoms with Gasteiger partial charge in [-0.2, -0.15) is 0 Å². The zero-order valence-electron chi connectivity index (χ0n) is 17.4. The van der Waals surface area contributed by atoms with Crippen LogP contribution in [0.1, 0.15) is 40.5 Å². The lowest BCUT2D eigenvalue weighted by Gasteiger charge is -2.33. The van der Waals surface area contributed by atoms with Crippen LogP contribution in [-0.4, -0.2) is 80.3 Å². The first kappa shape index (κ1) is 25.7. The Hall–Kier alpha value is -1.26. The minimum atomic E-state index is -0.502. The highest BCUT2D eigenvalue weighted by molar-refractivity contribution is 14.0. The minimum Gasteiger partial charge on any atom is -0.466 e. The van der Waals surface area contributed by atoms with Crippen LogP contribution in [0, 0.1) is 5.92 Å². The molecule has 0 saturated carbocycles. The number of rotatable bonds is 5. The lowest BCUT2D eigenvalue weighted by Crippen LogP contribution is -2.48. The molecule has 0 radical (unpaired) electrons. The molecule has 1 aliphatic rings. The van der Waals surface area contributed by atoms with Gasteiger partial charge in [-0.3, -0.25) is 9.79 Å². The summed E-state index contributed by atoms with van der Waals surface area (Å²) in [5, 5.41) is 3.27. The highest BCUT2D eigenvalue weighted by Gasteiger charge is 2.27. The van der Waals surface area contributed by atoms with Gasteiger partial charge in [-0.05, 0) is 40.5 Å². The topological polar surface area (TPSA) is 83.5 Å². The van der Waals surface area contributed by atoms with Gasteiger partial charge in [0.1, 0.15) is 5.60 Å². The Morgan fingerprint density at radius 2 is 1.85 bits per heavy atom. The number of aliphatic imine (C=N–C) groups is 1. The van der Waals surface area contributed by atoms with Gasteiger partial charge in [-0.25, -0.2) is 4.79 Å². The Bertz CT molecular complexity index is 500. The van der Waals surface area contributed by atoms with Crippen molar-refractivity contribution in [3.8, 4) is 0 Å². The number of likely N-dealkylation sites (N-methyl/N-ethyl adjacent to an activating group) is 1. The second kappa shape index (κ2) is 12.2. The van der Waals surface area contributed by atoms with E-state index in [1.165, 1.54) is 0 Å². The van der Waals surface area contributed by atoms with Gasteiger partial charge in [-0.1, -0.05) is 0 Å². The molecule has 0 aromatic rings. The van der Waals surface area contributed by atoms with E-state index in [1.807, 2.05) is 27.7 Å². The maximum absolute atomic E-state index is 12.0. The normalized spacial score (nSPS) is 15.6. The number of halogens is 1. The summed E-state index contributed by atoms with van der Waals surface area (Å²) in [5.74, 6) is 0.654. The Kier molecular flexibility index (Phi) is 11.7. The van der Waals surface area contributed by atoms with Gasteiger partial charge in [0.05, 0.1) is 12.5 Å². The van der Waals surface area contributed by atoms with Crippen LogP contribution in [0.25, 0.3) is 0 Å². The van der Waals surface area contributed by atoms with Crippen molar-refractivity contribution in [2.45, 2.75) is 46.1 Å². The Morgan fingerprint density at radius 3 is 2.33 bits per heavy atom. The van der Waals surface area contributed by atoms with Crippen molar-refractivity contribution in [2.75, 3.05) is 46.9 Å². The molecule has 0 aromatic heterocycles. The number of amides is 1. The quantitative estimate of drug-likeness (QED) is 0.271. The number of esters is 1. The summed E-state index contributed by atoms with van der Waals surface area (Å²) in [4.78, 5) is 31.7. The van der Waals surface area contributed by atoms with E-state index in [0.29, 0.717) is 19.7 Å². The molecule has 8 nitrogen and oxygen atoms in total. The SMILES string of the molecule is CCOC(=O)C1CCN(C(=NC)NCCN(C)C(=O)OC(C)(C)C)CC1.I. The van der Waals surface area contributed by atoms with E-state index >= 15 is 0 Å². The van der Waals surface area contributed by atoms with E-state index in [0.717, 1.165) is 31.9 Å². The lowest BCUT2D eigenvalue weighted by atomic mass is 9.97. The fourth-order valence-corrected chi connectivity index (χ4v) is 2.69. The molecule has 0 atom stereocenters. The third-order valence-electron chi connectivity index (χ3n) is 4.06.